The molecule has 1 N–H and O–H groups in total. The molecule has 0 saturated carbocycles. The number of benzene rings is 1. The fourth-order valence-electron chi connectivity index (χ4n) is 3.29. The van der Waals surface area contributed by atoms with Crippen LogP contribution in [0.5, 0.6) is 0 Å². The van der Waals surface area contributed by atoms with Gasteiger partial charge in [0.05, 0.1) is 17.9 Å². The fraction of sp³-hybridized carbons (Fsp3) is 0.429. The second-order valence-electron chi connectivity index (χ2n) is 7.35. The van der Waals surface area contributed by atoms with E-state index in [-0.39, 0.29) is 23.0 Å². The van der Waals surface area contributed by atoms with Gasteiger partial charge in [0.15, 0.2) is 0 Å². The number of aromatic nitrogens is 2. The quantitative estimate of drug-likeness (QED) is 0.745. The highest BCUT2D eigenvalue weighted by Crippen LogP contribution is 2.32. The molecule has 1 aromatic carbocycles. The van der Waals surface area contributed by atoms with Crippen molar-refractivity contribution in [3.63, 3.8) is 0 Å². The number of hydrogen-bond donors (Lipinski definition) is 1. The van der Waals surface area contributed by atoms with Gasteiger partial charge in [0.1, 0.15) is 5.69 Å². The number of anilines is 1. The maximum Gasteiger partial charge on any atom is 0.416 e. The third-order valence-corrected chi connectivity index (χ3v) is 4.97. The Hall–Kier alpha value is -3.01. The number of alkyl halides is 3. The summed E-state index contributed by atoms with van der Waals surface area (Å²) in [4.78, 5) is 34.0. The molecule has 0 spiro atoms. The molecule has 7 nitrogen and oxygen atoms in total. The summed E-state index contributed by atoms with van der Waals surface area (Å²) in [5.74, 6) is -1.30. The molecular weight excluding hydrogens is 413 g/mol. The Bertz CT molecular complexity index is 916. The molecule has 2 amide bonds. The molecule has 1 aromatic heterocycles. The van der Waals surface area contributed by atoms with Crippen molar-refractivity contribution >= 4 is 17.5 Å². The van der Waals surface area contributed by atoms with Crippen LogP contribution in [0.2, 0.25) is 0 Å². The zero-order valence-corrected chi connectivity index (χ0v) is 17.0. The van der Waals surface area contributed by atoms with Crippen molar-refractivity contribution in [2.45, 2.75) is 38.0 Å². The SMILES string of the molecule is CN(CCC1CCCCO1)C(=O)c1cc(NC(=O)c2cnccn2)cc(C(F)(F)F)c1. The molecule has 2 aromatic rings. The predicted molar refractivity (Wildman–Crippen MR) is 107 cm³/mol. The minimum absolute atomic E-state index is 0.0485. The van der Waals surface area contributed by atoms with Gasteiger partial charge in [0.2, 0.25) is 0 Å². The standard InChI is InChI=1S/C21H23F3N4O3/c1-28(8-5-17-4-2-3-9-31-17)20(30)14-10-15(21(22,23)24)12-16(11-14)27-19(29)18-13-25-6-7-26-18/h6-7,10-13,17H,2-5,8-9H2,1H3,(H,27,29). The molecule has 1 fully saturated rings. The van der Waals surface area contributed by atoms with Gasteiger partial charge in [-0.3, -0.25) is 14.6 Å². The number of carbonyl (C=O) groups excluding carboxylic acids is 2. The Balaban J connectivity index is 1.77. The summed E-state index contributed by atoms with van der Waals surface area (Å²) >= 11 is 0. The molecule has 31 heavy (non-hydrogen) atoms. The van der Waals surface area contributed by atoms with Gasteiger partial charge in [-0.1, -0.05) is 0 Å². The van der Waals surface area contributed by atoms with Crippen molar-refractivity contribution in [2.24, 2.45) is 0 Å². The van der Waals surface area contributed by atoms with Crippen LogP contribution in [0.25, 0.3) is 0 Å². The van der Waals surface area contributed by atoms with Crippen molar-refractivity contribution in [3.05, 3.63) is 53.6 Å². The predicted octanol–water partition coefficient (Wildman–Crippen LogP) is 3.78. The molecule has 3 rings (SSSR count). The highest BCUT2D eigenvalue weighted by atomic mass is 19.4. The molecule has 0 aliphatic carbocycles. The highest BCUT2D eigenvalue weighted by molar-refractivity contribution is 6.03. The first-order valence-corrected chi connectivity index (χ1v) is 9.91. The Kier molecular flexibility index (Phi) is 7.21. The zero-order valence-electron chi connectivity index (χ0n) is 17.0. The smallest absolute Gasteiger partial charge is 0.378 e. The molecule has 1 aliphatic heterocycles. The van der Waals surface area contributed by atoms with Crippen LogP contribution in [-0.2, 0) is 10.9 Å². The maximum absolute atomic E-state index is 13.4. The van der Waals surface area contributed by atoms with Crippen LogP contribution >= 0.6 is 0 Å². The molecule has 1 unspecified atom stereocenters. The van der Waals surface area contributed by atoms with Gasteiger partial charge in [-0.25, -0.2) is 4.98 Å². The minimum atomic E-state index is -4.68. The summed E-state index contributed by atoms with van der Waals surface area (Å²) in [6.45, 7) is 1.03. The van der Waals surface area contributed by atoms with Gasteiger partial charge in [-0.05, 0) is 43.9 Å². The number of carbonyl (C=O) groups is 2. The van der Waals surface area contributed by atoms with E-state index < -0.39 is 23.6 Å². The average Bonchev–Trinajstić information content (AvgIpc) is 2.77. The van der Waals surface area contributed by atoms with E-state index >= 15 is 0 Å². The number of hydrogen-bond acceptors (Lipinski definition) is 5. The lowest BCUT2D eigenvalue weighted by molar-refractivity contribution is -0.137. The van der Waals surface area contributed by atoms with E-state index in [1.165, 1.54) is 36.6 Å². The molecule has 0 radical (unpaired) electrons. The largest absolute Gasteiger partial charge is 0.416 e. The maximum atomic E-state index is 13.4. The number of ether oxygens (including phenoxy) is 1. The summed E-state index contributed by atoms with van der Waals surface area (Å²) in [7, 11) is 1.53. The molecule has 166 valence electrons. The second kappa shape index (κ2) is 9.86. The van der Waals surface area contributed by atoms with Crippen LogP contribution in [0.4, 0.5) is 18.9 Å². The molecule has 1 aliphatic rings. The first-order valence-electron chi connectivity index (χ1n) is 9.91. The normalized spacial score (nSPS) is 16.6. The average molecular weight is 436 g/mol. The lowest BCUT2D eigenvalue weighted by Gasteiger charge is -2.25. The molecule has 1 atom stereocenters. The number of nitrogens with zero attached hydrogens (tertiary/aromatic N) is 3. The van der Waals surface area contributed by atoms with Crippen molar-refractivity contribution in [1.29, 1.82) is 0 Å². The van der Waals surface area contributed by atoms with Crippen LogP contribution in [-0.4, -0.2) is 53.0 Å². The van der Waals surface area contributed by atoms with Gasteiger partial charge in [0.25, 0.3) is 11.8 Å². The van der Waals surface area contributed by atoms with Gasteiger partial charge in [-0.15, -0.1) is 0 Å². The Morgan fingerprint density at radius 2 is 2.03 bits per heavy atom. The third-order valence-electron chi connectivity index (χ3n) is 4.97. The molecule has 0 bridgehead atoms. The van der Waals surface area contributed by atoms with E-state index in [0.29, 0.717) is 19.6 Å². The fourth-order valence-corrected chi connectivity index (χ4v) is 3.29. The molecule has 1 saturated heterocycles. The first kappa shape index (κ1) is 22.7. The van der Waals surface area contributed by atoms with E-state index in [1.54, 1.807) is 0 Å². The topological polar surface area (TPSA) is 84.4 Å². The number of halogens is 3. The van der Waals surface area contributed by atoms with Gasteiger partial charge < -0.3 is 15.0 Å². The van der Waals surface area contributed by atoms with Crippen molar-refractivity contribution in [2.75, 3.05) is 25.5 Å². The van der Waals surface area contributed by atoms with Crippen LogP contribution in [0, 0.1) is 0 Å². The van der Waals surface area contributed by atoms with Gasteiger partial charge >= 0.3 is 6.18 Å². The number of nitrogens with one attached hydrogen (secondary N) is 1. The zero-order chi connectivity index (χ0) is 22.4. The summed E-state index contributed by atoms with van der Waals surface area (Å²) in [5.41, 5.74) is -1.41. The van der Waals surface area contributed by atoms with E-state index in [9.17, 15) is 22.8 Å². The first-order chi connectivity index (χ1) is 14.7. The minimum Gasteiger partial charge on any atom is -0.378 e. The van der Waals surface area contributed by atoms with Crippen molar-refractivity contribution in [3.8, 4) is 0 Å². The van der Waals surface area contributed by atoms with Gasteiger partial charge in [0, 0.05) is 43.8 Å². The summed E-state index contributed by atoms with van der Waals surface area (Å²) < 4.78 is 45.8. The molecule has 2 heterocycles. The number of amides is 2. The molecular formula is C21H23F3N4O3. The van der Waals surface area contributed by atoms with Crippen LogP contribution in [0.15, 0.2) is 36.8 Å². The Labute approximate surface area is 177 Å². The number of rotatable bonds is 6. The Morgan fingerprint density at radius 3 is 2.68 bits per heavy atom. The summed E-state index contributed by atoms with van der Waals surface area (Å²) in [5, 5.41) is 2.36. The van der Waals surface area contributed by atoms with Gasteiger partial charge in [-0.2, -0.15) is 13.2 Å². The highest BCUT2D eigenvalue weighted by Gasteiger charge is 2.32. The van der Waals surface area contributed by atoms with Crippen LogP contribution < -0.4 is 5.32 Å². The third kappa shape index (κ3) is 6.24. The van der Waals surface area contributed by atoms with Crippen LogP contribution in [0.1, 0.15) is 52.1 Å². The van der Waals surface area contributed by atoms with Crippen LogP contribution in [0.3, 0.4) is 0 Å². The molecule has 10 heteroatoms. The lowest BCUT2D eigenvalue weighted by atomic mass is 10.1. The monoisotopic (exact) mass is 436 g/mol. The van der Waals surface area contributed by atoms with Crippen molar-refractivity contribution < 1.29 is 27.5 Å². The second-order valence-corrected chi connectivity index (χ2v) is 7.35. The van der Waals surface area contributed by atoms with E-state index in [4.69, 9.17) is 4.74 Å². The van der Waals surface area contributed by atoms with Crippen molar-refractivity contribution in [1.82, 2.24) is 14.9 Å². The lowest BCUT2D eigenvalue weighted by Crippen LogP contribution is -2.31. The van der Waals surface area contributed by atoms with E-state index in [0.717, 1.165) is 31.4 Å². The summed E-state index contributed by atoms with van der Waals surface area (Å²) in [6.07, 6.45) is 2.80. The van der Waals surface area contributed by atoms with E-state index in [2.05, 4.69) is 15.3 Å². The van der Waals surface area contributed by atoms with E-state index in [1.807, 2.05) is 0 Å². The Morgan fingerprint density at radius 1 is 1.23 bits per heavy atom. The summed E-state index contributed by atoms with van der Waals surface area (Å²) in [6, 6.07) is 2.79.